The van der Waals surface area contributed by atoms with Gasteiger partial charge in [0, 0.05) is 11.6 Å². The molecule has 0 saturated heterocycles. The van der Waals surface area contributed by atoms with E-state index in [-0.39, 0.29) is 0 Å². The van der Waals surface area contributed by atoms with E-state index in [1.807, 2.05) is 0 Å². The average Bonchev–Trinajstić information content (AvgIpc) is 2.05. The molecule has 60 valence electrons. The number of nitrogens with zero attached hydrogens (tertiary/aromatic N) is 1. The quantitative estimate of drug-likeness (QED) is 0.361. The third-order valence-corrected chi connectivity index (χ3v) is 1.31. The lowest BCUT2D eigenvalue weighted by atomic mass is 10.2. The van der Waals surface area contributed by atoms with Gasteiger partial charge >= 0.3 is 5.69 Å². The van der Waals surface area contributed by atoms with Crippen LogP contribution >= 0.6 is 0 Å². The standard InChI is InChI=1S/C8H4FNO2/c1-2-6-3-4-7(9)8(5-6)10(11)12/h1,3-5H. The zero-order chi connectivity index (χ0) is 9.14. The third-order valence-electron chi connectivity index (χ3n) is 1.31. The molecular formula is C8H4FNO2. The minimum Gasteiger partial charge on any atom is -0.258 e. The number of hydrogen-bond donors (Lipinski definition) is 0. The molecule has 0 fully saturated rings. The van der Waals surface area contributed by atoms with Gasteiger partial charge in [-0.2, -0.15) is 4.39 Å². The fourth-order valence-electron chi connectivity index (χ4n) is 0.742. The van der Waals surface area contributed by atoms with Gasteiger partial charge in [0.1, 0.15) is 0 Å². The first-order chi connectivity index (χ1) is 5.65. The molecule has 0 aliphatic carbocycles. The molecule has 1 aromatic rings. The van der Waals surface area contributed by atoms with E-state index < -0.39 is 16.4 Å². The van der Waals surface area contributed by atoms with Crippen molar-refractivity contribution in [2.75, 3.05) is 0 Å². The number of benzene rings is 1. The molecule has 0 heterocycles. The molecule has 0 aromatic heterocycles. The van der Waals surface area contributed by atoms with E-state index >= 15 is 0 Å². The van der Waals surface area contributed by atoms with Crippen LogP contribution in [0.1, 0.15) is 5.56 Å². The van der Waals surface area contributed by atoms with Gasteiger partial charge in [0.05, 0.1) is 4.92 Å². The van der Waals surface area contributed by atoms with E-state index in [1.165, 1.54) is 6.07 Å². The lowest BCUT2D eigenvalue weighted by molar-refractivity contribution is -0.387. The van der Waals surface area contributed by atoms with E-state index in [1.54, 1.807) is 0 Å². The number of nitro groups is 1. The summed E-state index contributed by atoms with van der Waals surface area (Å²) in [7, 11) is 0. The Labute approximate surface area is 68.0 Å². The van der Waals surface area contributed by atoms with Gasteiger partial charge in [-0.05, 0) is 12.1 Å². The minimum absolute atomic E-state index is 0.295. The van der Waals surface area contributed by atoms with E-state index in [9.17, 15) is 14.5 Å². The molecule has 0 aliphatic rings. The van der Waals surface area contributed by atoms with E-state index in [2.05, 4.69) is 5.92 Å². The molecule has 0 aliphatic heterocycles. The smallest absolute Gasteiger partial charge is 0.258 e. The molecular weight excluding hydrogens is 161 g/mol. The predicted octanol–water partition coefficient (Wildman–Crippen LogP) is 1.72. The van der Waals surface area contributed by atoms with Gasteiger partial charge in [0.2, 0.25) is 5.82 Å². The Morgan fingerprint density at radius 1 is 1.58 bits per heavy atom. The van der Waals surface area contributed by atoms with Crippen LogP contribution in [0.5, 0.6) is 0 Å². The summed E-state index contributed by atoms with van der Waals surface area (Å²) in [5.74, 6) is 1.30. The van der Waals surface area contributed by atoms with Crippen LogP contribution in [0.3, 0.4) is 0 Å². The summed E-state index contributed by atoms with van der Waals surface area (Å²) >= 11 is 0. The molecule has 1 aromatic carbocycles. The van der Waals surface area contributed by atoms with Crippen LogP contribution in [0.15, 0.2) is 18.2 Å². The Morgan fingerprint density at radius 2 is 2.25 bits per heavy atom. The SMILES string of the molecule is C#Cc1ccc(F)c([N+](=O)[O-])c1. The summed E-state index contributed by atoms with van der Waals surface area (Å²) in [6.07, 6.45) is 4.97. The van der Waals surface area contributed by atoms with Gasteiger partial charge in [-0.3, -0.25) is 10.1 Å². The molecule has 0 atom stereocenters. The molecule has 12 heavy (non-hydrogen) atoms. The van der Waals surface area contributed by atoms with Crippen molar-refractivity contribution in [1.82, 2.24) is 0 Å². The lowest BCUT2D eigenvalue weighted by Crippen LogP contribution is -1.92. The highest BCUT2D eigenvalue weighted by molar-refractivity contribution is 5.42. The minimum atomic E-state index is -0.876. The second kappa shape index (κ2) is 3.01. The summed E-state index contributed by atoms with van der Waals surface area (Å²) in [6, 6.07) is 3.31. The van der Waals surface area contributed by atoms with E-state index in [0.717, 1.165) is 12.1 Å². The third kappa shape index (κ3) is 1.40. The van der Waals surface area contributed by atoms with Crippen LogP contribution in [0, 0.1) is 28.3 Å². The monoisotopic (exact) mass is 165 g/mol. The first-order valence-electron chi connectivity index (χ1n) is 3.05. The van der Waals surface area contributed by atoms with Crippen molar-refractivity contribution in [3.05, 3.63) is 39.7 Å². The van der Waals surface area contributed by atoms with Crippen LogP contribution < -0.4 is 0 Å². The second-order valence-corrected chi connectivity index (χ2v) is 2.07. The summed E-state index contributed by atoms with van der Waals surface area (Å²) in [5.41, 5.74) is -0.298. The summed E-state index contributed by atoms with van der Waals surface area (Å²) in [6.45, 7) is 0. The first kappa shape index (κ1) is 8.21. The van der Waals surface area contributed by atoms with Crippen LogP contribution in [-0.4, -0.2) is 4.92 Å². The Kier molecular flexibility index (Phi) is 2.06. The average molecular weight is 165 g/mol. The fraction of sp³-hybridized carbons (Fsp3) is 0. The Balaban J connectivity index is 3.28. The molecule has 0 saturated carbocycles. The van der Waals surface area contributed by atoms with Gasteiger partial charge in [-0.15, -0.1) is 6.42 Å². The zero-order valence-corrected chi connectivity index (χ0v) is 5.95. The van der Waals surface area contributed by atoms with Crippen molar-refractivity contribution < 1.29 is 9.31 Å². The second-order valence-electron chi connectivity index (χ2n) is 2.07. The number of terminal acetylenes is 1. The molecule has 3 nitrogen and oxygen atoms in total. The molecule has 0 bridgehead atoms. The zero-order valence-electron chi connectivity index (χ0n) is 5.95. The van der Waals surface area contributed by atoms with Crippen LogP contribution in [0.25, 0.3) is 0 Å². The summed E-state index contributed by atoms with van der Waals surface area (Å²) in [4.78, 5) is 9.38. The first-order valence-corrected chi connectivity index (χ1v) is 3.05. The normalized spacial score (nSPS) is 9.00. The highest BCUT2D eigenvalue weighted by Gasteiger charge is 2.12. The molecule has 4 heteroatoms. The largest absolute Gasteiger partial charge is 0.306 e. The maximum atomic E-state index is 12.6. The summed E-state index contributed by atoms with van der Waals surface area (Å²) in [5, 5.41) is 10.2. The topological polar surface area (TPSA) is 43.1 Å². The van der Waals surface area contributed by atoms with Crippen molar-refractivity contribution in [3.8, 4) is 12.3 Å². The number of nitro benzene ring substituents is 1. The maximum absolute atomic E-state index is 12.6. The van der Waals surface area contributed by atoms with Crippen LogP contribution in [0.4, 0.5) is 10.1 Å². The van der Waals surface area contributed by atoms with E-state index in [4.69, 9.17) is 6.42 Å². The summed E-state index contributed by atoms with van der Waals surface area (Å²) < 4.78 is 12.6. The van der Waals surface area contributed by atoms with Gasteiger partial charge < -0.3 is 0 Å². The molecule has 0 unspecified atom stereocenters. The predicted molar refractivity (Wildman–Crippen MR) is 41.0 cm³/mol. The number of hydrogen-bond acceptors (Lipinski definition) is 2. The number of halogens is 1. The van der Waals surface area contributed by atoms with Gasteiger partial charge in [0.25, 0.3) is 0 Å². The van der Waals surface area contributed by atoms with Crippen molar-refractivity contribution in [1.29, 1.82) is 0 Å². The van der Waals surface area contributed by atoms with Crippen molar-refractivity contribution in [2.24, 2.45) is 0 Å². The molecule has 0 spiro atoms. The highest BCUT2D eigenvalue weighted by atomic mass is 19.1. The van der Waals surface area contributed by atoms with Gasteiger partial charge in [0.15, 0.2) is 0 Å². The van der Waals surface area contributed by atoms with E-state index in [0.29, 0.717) is 5.56 Å². The van der Waals surface area contributed by atoms with Crippen molar-refractivity contribution >= 4 is 5.69 Å². The Hall–Kier alpha value is -1.89. The molecule has 0 N–H and O–H groups in total. The molecule has 0 radical (unpaired) electrons. The molecule has 0 amide bonds. The van der Waals surface area contributed by atoms with Crippen molar-refractivity contribution in [3.63, 3.8) is 0 Å². The molecule has 1 rings (SSSR count). The highest BCUT2D eigenvalue weighted by Crippen LogP contribution is 2.17. The van der Waals surface area contributed by atoms with Crippen LogP contribution in [-0.2, 0) is 0 Å². The number of rotatable bonds is 1. The maximum Gasteiger partial charge on any atom is 0.306 e. The Bertz CT molecular complexity index is 368. The van der Waals surface area contributed by atoms with Gasteiger partial charge in [-0.25, -0.2) is 0 Å². The Morgan fingerprint density at radius 3 is 2.75 bits per heavy atom. The van der Waals surface area contributed by atoms with Gasteiger partial charge in [-0.1, -0.05) is 5.92 Å². The van der Waals surface area contributed by atoms with Crippen LogP contribution in [0.2, 0.25) is 0 Å². The lowest BCUT2D eigenvalue weighted by Gasteiger charge is -1.93. The fourth-order valence-corrected chi connectivity index (χ4v) is 0.742. The van der Waals surface area contributed by atoms with Crippen molar-refractivity contribution in [2.45, 2.75) is 0 Å².